The lowest BCUT2D eigenvalue weighted by Gasteiger charge is -2.19. The van der Waals surface area contributed by atoms with Gasteiger partial charge in [0.1, 0.15) is 0 Å². The summed E-state index contributed by atoms with van der Waals surface area (Å²) >= 11 is 6.44. The van der Waals surface area contributed by atoms with Gasteiger partial charge in [-0.15, -0.1) is 0 Å². The second-order valence-corrected chi connectivity index (χ2v) is 7.08. The summed E-state index contributed by atoms with van der Waals surface area (Å²) in [6.07, 6.45) is 2.12. The van der Waals surface area contributed by atoms with Gasteiger partial charge in [0.15, 0.2) is 0 Å². The zero-order valence-corrected chi connectivity index (χ0v) is 14.7. The lowest BCUT2D eigenvalue weighted by atomic mass is 9.98. The molecule has 4 rings (SSSR count). The van der Waals surface area contributed by atoms with Crippen LogP contribution < -0.4 is 5.32 Å². The van der Waals surface area contributed by atoms with Gasteiger partial charge in [0.05, 0.1) is 11.7 Å². The Morgan fingerprint density at radius 3 is 2.58 bits per heavy atom. The van der Waals surface area contributed by atoms with Gasteiger partial charge in [0, 0.05) is 29.0 Å². The van der Waals surface area contributed by atoms with Crippen molar-refractivity contribution < 1.29 is 0 Å². The van der Waals surface area contributed by atoms with Crippen LogP contribution in [0, 0.1) is 0 Å². The third-order valence-electron chi connectivity index (χ3n) is 4.85. The van der Waals surface area contributed by atoms with Crippen molar-refractivity contribution in [1.29, 1.82) is 0 Å². The lowest BCUT2D eigenvalue weighted by Crippen LogP contribution is -2.21. The van der Waals surface area contributed by atoms with E-state index in [1.807, 2.05) is 12.1 Å². The van der Waals surface area contributed by atoms with E-state index in [1.54, 1.807) is 0 Å². The molecule has 0 fully saturated rings. The summed E-state index contributed by atoms with van der Waals surface area (Å²) < 4.78 is 2.25. The Labute approximate surface area is 148 Å². The van der Waals surface area contributed by atoms with Gasteiger partial charge in [0.25, 0.3) is 0 Å². The van der Waals surface area contributed by atoms with Crippen molar-refractivity contribution in [2.45, 2.75) is 32.4 Å². The summed E-state index contributed by atoms with van der Waals surface area (Å²) in [6, 6.07) is 19.5. The zero-order chi connectivity index (χ0) is 16.7. The summed E-state index contributed by atoms with van der Waals surface area (Å²) in [5.41, 5.74) is 6.21. The second kappa shape index (κ2) is 6.12. The normalized spacial score (nSPS) is 16.6. The van der Waals surface area contributed by atoms with Gasteiger partial charge in [-0.25, -0.2) is 0 Å². The first-order valence-electron chi connectivity index (χ1n) is 8.43. The molecule has 1 aliphatic heterocycles. The van der Waals surface area contributed by atoms with Gasteiger partial charge in [-0.3, -0.25) is 0 Å². The predicted molar refractivity (Wildman–Crippen MR) is 100.0 cm³/mol. The average Bonchev–Trinajstić information content (AvgIpc) is 3.00. The Morgan fingerprint density at radius 2 is 1.83 bits per heavy atom. The molecule has 1 aromatic heterocycles. The number of aromatic nitrogens is 1. The fourth-order valence-corrected chi connectivity index (χ4v) is 3.70. The van der Waals surface area contributed by atoms with E-state index in [0.717, 1.165) is 22.8 Å². The highest BCUT2D eigenvalue weighted by Gasteiger charge is 2.23. The number of hydrogen-bond acceptors (Lipinski definition) is 1. The molecule has 0 amide bonds. The Hall–Kier alpha value is -2.03. The maximum Gasteiger partial charge on any atom is 0.0737 e. The molecule has 0 spiro atoms. The van der Waals surface area contributed by atoms with E-state index < -0.39 is 0 Å². The largest absolute Gasteiger partial charge is 0.319 e. The molecule has 24 heavy (non-hydrogen) atoms. The Morgan fingerprint density at radius 1 is 1.04 bits per heavy atom. The number of fused-ring (bicyclic) bond motifs is 3. The molecule has 3 aromatic rings. The van der Waals surface area contributed by atoms with Gasteiger partial charge >= 0.3 is 0 Å². The van der Waals surface area contributed by atoms with E-state index in [-0.39, 0.29) is 6.04 Å². The highest BCUT2D eigenvalue weighted by Crippen LogP contribution is 2.33. The quantitative estimate of drug-likeness (QED) is 0.658. The minimum Gasteiger partial charge on any atom is -0.319 e. The third-order valence-corrected chi connectivity index (χ3v) is 5.20. The average molecular weight is 337 g/mol. The second-order valence-electron chi connectivity index (χ2n) is 6.68. The van der Waals surface area contributed by atoms with Crippen LogP contribution in [0.2, 0.25) is 5.02 Å². The predicted octanol–water partition coefficient (Wildman–Crippen LogP) is 5.45. The summed E-state index contributed by atoms with van der Waals surface area (Å²) in [5, 5.41) is 4.50. The van der Waals surface area contributed by atoms with E-state index in [0.29, 0.717) is 5.92 Å². The van der Waals surface area contributed by atoms with Gasteiger partial charge in [0.2, 0.25) is 0 Å². The maximum atomic E-state index is 6.44. The van der Waals surface area contributed by atoms with Crippen molar-refractivity contribution in [2.75, 3.05) is 0 Å². The summed E-state index contributed by atoms with van der Waals surface area (Å²) in [4.78, 5) is 0. The Kier molecular flexibility index (Phi) is 3.95. The molecule has 1 unspecified atom stereocenters. The molecule has 2 nitrogen and oxygen atoms in total. The first-order chi connectivity index (χ1) is 11.6. The van der Waals surface area contributed by atoms with Crippen LogP contribution in [0.1, 0.15) is 48.2 Å². The van der Waals surface area contributed by atoms with Crippen LogP contribution in [0.5, 0.6) is 0 Å². The van der Waals surface area contributed by atoms with Crippen molar-refractivity contribution in [3.63, 3.8) is 0 Å². The Balaban J connectivity index is 1.79. The van der Waals surface area contributed by atoms with Gasteiger partial charge in [-0.1, -0.05) is 55.8 Å². The molecule has 1 N–H and O–H groups in total. The molecule has 122 valence electrons. The van der Waals surface area contributed by atoms with Gasteiger partial charge < -0.3 is 9.88 Å². The van der Waals surface area contributed by atoms with E-state index in [9.17, 15) is 0 Å². The van der Waals surface area contributed by atoms with E-state index in [4.69, 9.17) is 11.6 Å². The summed E-state index contributed by atoms with van der Waals surface area (Å²) in [5.74, 6) is 0.549. The third kappa shape index (κ3) is 2.56. The Bertz CT molecular complexity index is 862. The van der Waals surface area contributed by atoms with E-state index in [2.05, 4.69) is 72.4 Å². The van der Waals surface area contributed by atoms with Crippen LogP contribution in [0.3, 0.4) is 0 Å². The van der Waals surface area contributed by atoms with E-state index in [1.165, 1.54) is 16.8 Å². The van der Waals surface area contributed by atoms with Crippen LogP contribution in [0.4, 0.5) is 0 Å². The van der Waals surface area contributed by atoms with Crippen LogP contribution in [0.25, 0.3) is 5.69 Å². The highest BCUT2D eigenvalue weighted by atomic mass is 35.5. The molecule has 0 saturated carbocycles. The van der Waals surface area contributed by atoms with E-state index >= 15 is 0 Å². The smallest absolute Gasteiger partial charge is 0.0737 e. The molecular formula is C21H21ClN2. The number of halogens is 1. The zero-order valence-electron chi connectivity index (χ0n) is 14.0. The molecule has 2 aromatic carbocycles. The van der Waals surface area contributed by atoms with Gasteiger partial charge in [-0.05, 0) is 41.3 Å². The SMILES string of the molecule is CC(C)c1ccc(C2NCc3c(Cl)cccc3-n3cccc32)cc1. The van der Waals surface area contributed by atoms with Crippen molar-refractivity contribution in [2.24, 2.45) is 0 Å². The lowest BCUT2D eigenvalue weighted by molar-refractivity contribution is 0.600. The monoisotopic (exact) mass is 336 g/mol. The molecule has 1 aliphatic rings. The molecule has 2 heterocycles. The molecular weight excluding hydrogens is 316 g/mol. The molecule has 0 aliphatic carbocycles. The van der Waals surface area contributed by atoms with Gasteiger partial charge in [-0.2, -0.15) is 0 Å². The van der Waals surface area contributed by atoms with Crippen LogP contribution in [-0.4, -0.2) is 4.57 Å². The van der Waals surface area contributed by atoms with Crippen molar-refractivity contribution in [3.8, 4) is 5.69 Å². The molecule has 3 heteroatoms. The van der Waals surface area contributed by atoms with Crippen LogP contribution in [0.15, 0.2) is 60.8 Å². The standard InChI is InChI=1S/C21H21ClN2/c1-14(2)15-8-10-16(11-9-15)21-20-7-4-12-24(20)19-6-3-5-18(22)17(19)13-23-21/h3-12,14,21,23H,13H2,1-2H3. The van der Waals surface area contributed by atoms with Crippen molar-refractivity contribution in [1.82, 2.24) is 9.88 Å². The minimum absolute atomic E-state index is 0.157. The number of nitrogens with zero attached hydrogens (tertiary/aromatic N) is 1. The van der Waals surface area contributed by atoms with Crippen LogP contribution >= 0.6 is 11.6 Å². The minimum atomic E-state index is 0.157. The van der Waals surface area contributed by atoms with Crippen molar-refractivity contribution >= 4 is 11.6 Å². The number of hydrogen-bond donors (Lipinski definition) is 1. The molecule has 0 saturated heterocycles. The first-order valence-corrected chi connectivity index (χ1v) is 8.81. The highest BCUT2D eigenvalue weighted by molar-refractivity contribution is 6.31. The fourth-order valence-electron chi connectivity index (χ4n) is 3.47. The molecule has 1 atom stereocenters. The summed E-state index contributed by atoms with van der Waals surface area (Å²) in [6.45, 7) is 5.21. The van der Waals surface area contributed by atoms with Crippen molar-refractivity contribution in [3.05, 3.63) is 88.2 Å². The number of nitrogens with one attached hydrogen (secondary N) is 1. The summed E-state index contributed by atoms with van der Waals surface area (Å²) in [7, 11) is 0. The topological polar surface area (TPSA) is 17.0 Å². The number of rotatable bonds is 2. The number of benzene rings is 2. The first kappa shape index (κ1) is 15.5. The molecule has 0 bridgehead atoms. The fraction of sp³-hybridized carbons (Fsp3) is 0.238. The maximum absolute atomic E-state index is 6.44. The molecule has 0 radical (unpaired) electrons. The van der Waals surface area contributed by atoms with Crippen LogP contribution in [-0.2, 0) is 6.54 Å².